The van der Waals surface area contributed by atoms with Crippen LogP contribution in [0.25, 0.3) is 0 Å². The van der Waals surface area contributed by atoms with E-state index in [4.69, 9.17) is 5.84 Å². The molecule has 70 valence electrons. The molecule has 4 nitrogen and oxygen atoms in total. The standard InChI is InChI=1S/C8H16N2O2/c1-5-2-3-7(11)6(4-5)8(12)10-9/h5-7,11H,2-4,9H2,1H3,(H,10,12). The zero-order chi connectivity index (χ0) is 9.14. The molecule has 0 aromatic heterocycles. The first-order valence-electron chi connectivity index (χ1n) is 4.33. The van der Waals surface area contributed by atoms with Gasteiger partial charge in [0.2, 0.25) is 5.91 Å². The summed E-state index contributed by atoms with van der Waals surface area (Å²) in [4.78, 5) is 11.1. The topological polar surface area (TPSA) is 75.3 Å². The van der Waals surface area contributed by atoms with E-state index in [1.165, 1.54) is 0 Å². The van der Waals surface area contributed by atoms with Crippen LogP contribution in [-0.4, -0.2) is 17.1 Å². The van der Waals surface area contributed by atoms with Crippen LogP contribution in [-0.2, 0) is 4.79 Å². The molecule has 3 unspecified atom stereocenters. The number of aliphatic hydroxyl groups is 1. The summed E-state index contributed by atoms with van der Waals surface area (Å²) in [6.07, 6.45) is 1.93. The molecule has 1 aliphatic carbocycles. The van der Waals surface area contributed by atoms with Crippen molar-refractivity contribution in [3.8, 4) is 0 Å². The number of hydrazine groups is 1. The molecule has 0 bridgehead atoms. The fourth-order valence-electron chi connectivity index (χ4n) is 1.75. The van der Waals surface area contributed by atoms with Gasteiger partial charge in [0.1, 0.15) is 0 Å². The summed E-state index contributed by atoms with van der Waals surface area (Å²) in [5.41, 5.74) is 2.09. The highest BCUT2D eigenvalue weighted by atomic mass is 16.3. The van der Waals surface area contributed by atoms with Gasteiger partial charge in [-0.05, 0) is 25.2 Å². The first-order valence-corrected chi connectivity index (χ1v) is 4.33. The Morgan fingerprint density at radius 3 is 2.83 bits per heavy atom. The van der Waals surface area contributed by atoms with Crippen LogP contribution in [0.1, 0.15) is 26.2 Å². The minimum Gasteiger partial charge on any atom is -0.392 e. The lowest BCUT2D eigenvalue weighted by atomic mass is 9.80. The zero-order valence-electron chi connectivity index (χ0n) is 7.29. The Balaban J connectivity index is 2.54. The maximum Gasteiger partial charge on any atom is 0.239 e. The first kappa shape index (κ1) is 9.48. The second-order valence-corrected chi connectivity index (χ2v) is 3.60. The van der Waals surface area contributed by atoms with Crippen molar-refractivity contribution in [1.29, 1.82) is 0 Å². The number of nitrogens with two attached hydrogens (primary N) is 1. The van der Waals surface area contributed by atoms with Gasteiger partial charge in [-0.2, -0.15) is 0 Å². The predicted octanol–water partition coefficient (Wildman–Crippen LogP) is -0.227. The third kappa shape index (κ3) is 1.95. The number of amides is 1. The van der Waals surface area contributed by atoms with Crippen molar-refractivity contribution in [2.75, 3.05) is 0 Å². The van der Waals surface area contributed by atoms with Crippen molar-refractivity contribution in [3.05, 3.63) is 0 Å². The van der Waals surface area contributed by atoms with E-state index >= 15 is 0 Å². The minimum atomic E-state index is -0.509. The van der Waals surface area contributed by atoms with Crippen molar-refractivity contribution in [2.45, 2.75) is 32.3 Å². The van der Waals surface area contributed by atoms with Gasteiger partial charge in [-0.1, -0.05) is 6.92 Å². The van der Waals surface area contributed by atoms with Crippen molar-refractivity contribution >= 4 is 5.91 Å². The number of carbonyl (C=O) groups excluding carboxylic acids is 1. The van der Waals surface area contributed by atoms with Crippen LogP contribution >= 0.6 is 0 Å². The third-order valence-corrected chi connectivity index (χ3v) is 2.56. The summed E-state index contributed by atoms with van der Waals surface area (Å²) in [6, 6.07) is 0. The molecule has 0 aliphatic heterocycles. The van der Waals surface area contributed by atoms with Gasteiger partial charge in [-0.25, -0.2) is 5.84 Å². The smallest absolute Gasteiger partial charge is 0.239 e. The number of nitrogens with one attached hydrogen (secondary N) is 1. The minimum absolute atomic E-state index is 0.242. The average Bonchev–Trinajstić information content (AvgIpc) is 2.08. The van der Waals surface area contributed by atoms with Crippen molar-refractivity contribution in [3.63, 3.8) is 0 Å². The van der Waals surface area contributed by atoms with E-state index in [-0.39, 0.29) is 11.8 Å². The van der Waals surface area contributed by atoms with Crippen LogP contribution < -0.4 is 11.3 Å². The molecule has 1 rings (SSSR count). The van der Waals surface area contributed by atoms with E-state index in [2.05, 4.69) is 12.3 Å². The molecular formula is C8H16N2O2. The Hall–Kier alpha value is -0.610. The number of rotatable bonds is 1. The molecule has 1 saturated carbocycles. The Labute approximate surface area is 72.1 Å². The van der Waals surface area contributed by atoms with Crippen molar-refractivity contribution < 1.29 is 9.90 Å². The van der Waals surface area contributed by atoms with Gasteiger partial charge in [0, 0.05) is 0 Å². The van der Waals surface area contributed by atoms with E-state index in [0.717, 1.165) is 12.8 Å². The van der Waals surface area contributed by atoms with Gasteiger partial charge < -0.3 is 5.11 Å². The largest absolute Gasteiger partial charge is 0.392 e. The number of carbonyl (C=O) groups is 1. The molecule has 1 aliphatic rings. The maximum atomic E-state index is 11.1. The fraction of sp³-hybridized carbons (Fsp3) is 0.875. The molecule has 0 aromatic carbocycles. The summed E-state index contributed by atoms with van der Waals surface area (Å²) < 4.78 is 0. The summed E-state index contributed by atoms with van der Waals surface area (Å²) in [5.74, 6) is 4.96. The van der Waals surface area contributed by atoms with Crippen LogP contribution in [0.4, 0.5) is 0 Å². The van der Waals surface area contributed by atoms with E-state index in [1.807, 2.05) is 0 Å². The van der Waals surface area contributed by atoms with Crippen LogP contribution in [0.2, 0.25) is 0 Å². The molecule has 0 aromatic rings. The van der Waals surface area contributed by atoms with Gasteiger partial charge in [0.25, 0.3) is 0 Å². The fourth-order valence-corrected chi connectivity index (χ4v) is 1.75. The molecule has 0 heterocycles. The second kappa shape index (κ2) is 3.87. The van der Waals surface area contributed by atoms with Gasteiger partial charge in [0.15, 0.2) is 0 Å². The third-order valence-electron chi connectivity index (χ3n) is 2.56. The number of hydrogen-bond acceptors (Lipinski definition) is 3. The molecule has 1 amide bonds. The highest BCUT2D eigenvalue weighted by Gasteiger charge is 2.31. The van der Waals surface area contributed by atoms with E-state index in [0.29, 0.717) is 12.3 Å². The van der Waals surface area contributed by atoms with E-state index < -0.39 is 6.10 Å². The molecule has 0 spiro atoms. The highest BCUT2D eigenvalue weighted by molar-refractivity contribution is 5.78. The van der Waals surface area contributed by atoms with E-state index in [1.54, 1.807) is 0 Å². The average molecular weight is 172 g/mol. The van der Waals surface area contributed by atoms with Gasteiger partial charge in [0.05, 0.1) is 12.0 Å². The van der Waals surface area contributed by atoms with Gasteiger partial charge in [-0.15, -0.1) is 0 Å². The van der Waals surface area contributed by atoms with Crippen LogP contribution in [0.5, 0.6) is 0 Å². The predicted molar refractivity (Wildman–Crippen MR) is 44.8 cm³/mol. The van der Waals surface area contributed by atoms with Crippen LogP contribution in [0.15, 0.2) is 0 Å². The molecule has 0 saturated heterocycles. The summed E-state index contributed by atoms with van der Waals surface area (Å²) >= 11 is 0. The highest BCUT2D eigenvalue weighted by Crippen LogP contribution is 2.28. The normalized spacial score (nSPS) is 36.1. The molecule has 0 radical (unpaired) electrons. The quantitative estimate of drug-likeness (QED) is 0.290. The first-order chi connectivity index (χ1) is 5.65. The van der Waals surface area contributed by atoms with E-state index in [9.17, 15) is 9.90 Å². The lowest BCUT2D eigenvalue weighted by Gasteiger charge is -2.29. The van der Waals surface area contributed by atoms with Gasteiger partial charge in [-0.3, -0.25) is 10.2 Å². The van der Waals surface area contributed by atoms with Gasteiger partial charge >= 0.3 is 0 Å². The molecule has 1 fully saturated rings. The molecule has 4 heteroatoms. The number of hydrogen-bond donors (Lipinski definition) is 3. The second-order valence-electron chi connectivity index (χ2n) is 3.60. The Bertz CT molecular complexity index is 172. The molecule has 3 atom stereocenters. The Kier molecular flexibility index (Phi) is 3.05. The lowest BCUT2D eigenvalue weighted by molar-refractivity contribution is -0.131. The SMILES string of the molecule is CC1CCC(O)C(C(=O)NN)C1. The Morgan fingerprint density at radius 2 is 2.25 bits per heavy atom. The summed E-state index contributed by atoms with van der Waals surface area (Å²) in [7, 11) is 0. The molecular weight excluding hydrogens is 156 g/mol. The lowest BCUT2D eigenvalue weighted by Crippen LogP contribution is -2.43. The van der Waals surface area contributed by atoms with Crippen molar-refractivity contribution in [1.82, 2.24) is 5.43 Å². The monoisotopic (exact) mass is 172 g/mol. The van der Waals surface area contributed by atoms with Crippen molar-refractivity contribution in [2.24, 2.45) is 17.7 Å². The van der Waals surface area contributed by atoms with Crippen LogP contribution in [0.3, 0.4) is 0 Å². The van der Waals surface area contributed by atoms with Crippen LogP contribution in [0, 0.1) is 11.8 Å². The number of aliphatic hydroxyl groups excluding tert-OH is 1. The molecule has 12 heavy (non-hydrogen) atoms. The Morgan fingerprint density at radius 1 is 1.58 bits per heavy atom. The summed E-state index contributed by atoms with van der Waals surface area (Å²) in [5, 5.41) is 9.47. The maximum absolute atomic E-state index is 11.1. The zero-order valence-corrected chi connectivity index (χ0v) is 7.29. The molecule has 4 N–H and O–H groups in total. The summed E-state index contributed by atoms with van der Waals surface area (Å²) in [6.45, 7) is 2.09.